The predicted molar refractivity (Wildman–Crippen MR) is 115 cm³/mol. The summed E-state index contributed by atoms with van der Waals surface area (Å²) in [6, 6.07) is 7.36. The second kappa shape index (κ2) is 9.25. The van der Waals surface area contributed by atoms with Gasteiger partial charge in [0.1, 0.15) is 5.75 Å². The van der Waals surface area contributed by atoms with Crippen molar-refractivity contribution in [3.8, 4) is 17.1 Å². The van der Waals surface area contributed by atoms with Gasteiger partial charge in [0.05, 0.1) is 12.4 Å². The molecule has 1 aromatic carbocycles. The van der Waals surface area contributed by atoms with Crippen molar-refractivity contribution in [3.05, 3.63) is 40.1 Å². The molecular weight excluding hydrogens is 392 g/mol. The number of rotatable bonds is 8. The molecule has 3 rings (SSSR count). The van der Waals surface area contributed by atoms with Gasteiger partial charge < -0.3 is 14.6 Å². The van der Waals surface area contributed by atoms with E-state index in [4.69, 9.17) is 4.74 Å². The van der Waals surface area contributed by atoms with Crippen LogP contribution >= 0.6 is 23.1 Å². The largest absolute Gasteiger partial charge is 0.494 e. The van der Waals surface area contributed by atoms with Gasteiger partial charge in [-0.05, 0) is 57.5 Å². The molecule has 148 valence electrons. The van der Waals surface area contributed by atoms with Gasteiger partial charge in [-0.25, -0.2) is 0 Å². The van der Waals surface area contributed by atoms with Gasteiger partial charge in [0.15, 0.2) is 11.0 Å². The van der Waals surface area contributed by atoms with E-state index < -0.39 is 0 Å². The van der Waals surface area contributed by atoms with Crippen LogP contribution in [0.15, 0.2) is 34.8 Å². The number of thioether (sulfide) groups is 1. The zero-order chi connectivity index (χ0) is 20.1. The Bertz CT molecular complexity index is 948. The number of nitrogens with zero attached hydrogens (tertiary/aromatic N) is 3. The first kappa shape index (κ1) is 20.4. The standard InChI is InChI=1S/C20H24N4O2S2/c1-5-24-19(17-11-27-14(4)13(17)3)22-23-20(24)28-12-18(25)21-15-7-9-16(10-8-15)26-6-2/h7-11H,5-6,12H2,1-4H3,(H,21,25). The summed E-state index contributed by atoms with van der Waals surface area (Å²) in [6.45, 7) is 9.58. The minimum Gasteiger partial charge on any atom is -0.494 e. The molecular formula is C20H24N4O2S2. The fourth-order valence-electron chi connectivity index (χ4n) is 2.74. The molecule has 0 spiro atoms. The number of thiophene rings is 1. The Morgan fingerprint density at radius 2 is 1.96 bits per heavy atom. The topological polar surface area (TPSA) is 69.0 Å². The van der Waals surface area contributed by atoms with Crippen molar-refractivity contribution < 1.29 is 9.53 Å². The van der Waals surface area contributed by atoms with Crippen molar-refractivity contribution in [1.82, 2.24) is 14.8 Å². The summed E-state index contributed by atoms with van der Waals surface area (Å²) < 4.78 is 7.47. The van der Waals surface area contributed by atoms with Crippen molar-refractivity contribution in [2.45, 2.75) is 39.4 Å². The van der Waals surface area contributed by atoms with Crippen molar-refractivity contribution in [2.24, 2.45) is 0 Å². The summed E-state index contributed by atoms with van der Waals surface area (Å²) in [5, 5.41) is 14.5. The molecule has 0 aliphatic carbocycles. The van der Waals surface area contributed by atoms with Crippen LogP contribution in [0.1, 0.15) is 24.3 Å². The number of benzene rings is 1. The number of aromatic nitrogens is 3. The molecule has 0 fully saturated rings. The summed E-state index contributed by atoms with van der Waals surface area (Å²) in [7, 11) is 0. The summed E-state index contributed by atoms with van der Waals surface area (Å²) in [5.41, 5.74) is 3.09. The van der Waals surface area contributed by atoms with E-state index in [2.05, 4.69) is 46.2 Å². The first-order valence-electron chi connectivity index (χ1n) is 9.17. The van der Waals surface area contributed by atoms with Crippen LogP contribution in [0.25, 0.3) is 11.4 Å². The lowest BCUT2D eigenvalue weighted by Gasteiger charge is -2.08. The lowest BCUT2D eigenvalue weighted by Crippen LogP contribution is -2.14. The smallest absolute Gasteiger partial charge is 0.234 e. The quantitative estimate of drug-likeness (QED) is 0.536. The van der Waals surface area contributed by atoms with E-state index in [9.17, 15) is 4.79 Å². The van der Waals surface area contributed by atoms with E-state index in [1.54, 1.807) is 11.3 Å². The monoisotopic (exact) mass is 416 g/mol. The van der Waals surface area contributed by atoms with E-state index in [-0.39, 0.29) is 11.7 Å². The van der Waals surface area contributed by atoms with Gasteiger partial charge in [-0.2, -0.15) is 0 Å². The lowest BCUT2D eigenvalue weighted by molar-refractivity contribution is -0.113. The molecule has 2 aromatic heterocycles. The molecule has 0 radical (unpaired) electrons. The van der Waals surface area contributed by atoms with Crippen LogP contribution in [0, 0.1) is 13.8 Å². The average Bonchev–Trinajstić information content (AvgIpc) is 3.24. The third kappa shape index (κ3) is 4.56. The average molecular weight is 417 g/mol. The van der Waals surface area contributed by atoms with E-state index in [0.29, 0.717) is 6.61 Å². The lowest BCUT2D eigenvalue weighted by atomic mass is 10.1. The van der Waals surface area contributed by atoms with Crippen molar-refractivity contribution in [3.63, 3.8) is 0 Å². The van der Waals surface area contributed by atoms with E-state index in [0.717, 1.165) is 34.5 Å². The molecule has 0 bridgehead atoms. The molecule has 2 heterocycles. The molecule has 0 unspecified atom stereocenters. The third-order valence-electron chi connectivity index (χ3n) is 4.34. The minimum absolute atomic E-state index is 0.0797. The first-order chi connectivity index (χ1) is 13.5. The Kier molecular flexibility index (Phi) is 6.74. The second-order valence-electron chi connectivity index (χ2n) is 6.18. The summed E-state index contributed by atoms with van der Waals surface area (Å²) in [5.74, 6) is 1.84. The number of anilines is 1. The van der Waals surface area contributed by atoms with Crippen molar-refractivity contribution in [1.29, 1.82) is 0 Å². The van der Waals surface area contributed by atoms with Crippen molar-refractivity contribution in [2.75, 3.05) is 17.7 Å². The molecule has 0 saturated heterocycles. The number of ether oxygens (including phenoxy) is 1. The van der Waals surface area contributed by atoms with Gasteiger partial charge in [0.25, 0.3) is 0 Å². The van der Waals surface area contributed by atoms with Gasteiger partial charge in [0.2, 0.25) is 5.91 Å². The number of carbonyl (C=O) groups is 1. The zero-order valence-electron chi connectivity index (χ0n) is 16.5. The summed E-state index contributed by atoms with van der Waals surface area (Å²) in [6.07, 6.45) is 0. The molecule has 1 N–H and O–H groups in total. The molecule has 6 nitrogen and oxygen atoms in total. The molecule has 28 heavy (non-hydrogen) atoms. The van der Waals surface area contributed by atoms with Crippen LogP contribution in [0.2, 0.25) is 0 Å². The molecule has 3 aromatic rings. The second-order valence-corrected chi connectivity index (χ2v) is 8.20. The molecule has 1 amide bonds. The first-order valence-corrected chi connectivity index (χ1v) is 11.0. The van der Waals surface area contributed by atoms with Gasteiger partial charge in [-0.3, -0.25) is 4.79 Å². The molecule has 0 atom stereocenters. The maximum Gasteiger partial charge on any atom is 0.234 e. The van der Waals surface area contributed by atoms with Gasteiger partial charge >= 0.3 is 0 Å². The molecule has 0 aliphatic rings. The molecule has 0 aliphatic heterocycles. The van der Waals surface area contributed by atoms with Crippen LogP contribution in [-0.4, -0.2) is 33.0 Å². The Morgan fingerprint density at radius 1 is 1.21 bits per heavy atom. The highest BCUT2D eigenvalue weighted by Crippen LogP contribution is 2.31. The Hall–Kier alpha value is -2.32. The Balaban J connectivity index is 1.64. The van der Waals surface area contributed by atoms with Crippen LogP contribution in [0.3, 0.4) is 0 Å². The number of hydrogen-bond acceptors (Lipinski definition) is 6. The Labute approximate surface area is 173 Å². The van der Waals surface area contributed by atoms with Gasteiger partial charge in [0, 0.05) is 28.1 Å². The third-order valence-corrected chi connectivity index (χ3v) is 6.32. The highest BCUT2D eigenvalue weighted by atomic mass is 32.2. The number of carbonyl (C=O) groups excluding carboxylic acids is 1. The number of nitrogens with one attached hydrogen (secondary N) is 1. The van der Waals surface area contributed by atoms with E-state index in [1.165, 1.54) is 22.2 Å². The summed E-state index contributed by atoms with van der Waals surface area (Å²) >= 11 is 3.11. The van der Waals surface area contributed by atoms with Crippen LogP contribution < -0.4 is 10.1 Å². The van der Waals surface area contributed by atoms with Crippen LogP contribution in [-0.2, 0) is 11.3 Å². The fraction of sp³-hybridized carbons (Fsp3) is 0.350. The minimum atomic E-state index is -0.0797. The Morgan fingerprint density at radius 3 is 2.57 bits per heavy atom. The zero-order valence-corrected chi connectivity index (χ0v) is 18.1. The maximum atomic E-state index is 12.3. The predicted octanol–water partition coefficient (Wildman–Crippen LogP) is 4.77. The molecule has 0 saturated carbocycles. The van der Waals surface area contributed by atoms with E-state index in [1.807, 2.05) is 31.2 Å². The van der Waals surface area contributed by atoms with Crippen LogP contribution in [0.4, 0.5) is 5.69 Å². The van der Waals surface area contributed by atoms with E-state index >= 15 is 0 Å². The number of hydrogen-bond donors (Lipinski definition) is 1. The highest BCUT2D eigenvalue weighted by molar-refractivity contribution is 7.99. The SMILES string of the molecule is CCOc1ccc(NC(=O)CSc2nnc(-c3csc(C)c3C)n2CC)cc1. The molecule has 8 heteroatoms. The fourth-order valence-corrected chi connectivity index (χ4v) is 4.41. The van der Waals surface area contributed by atoms with Crippen molar-refractivity contribution >= 4 is 34.7 Å². The van der Waals surface area contributed by atoms with Crippen LogP contribution in [0.5, 0.6) is 5.75 Å². The number of amides is 1. The maximum absolute atomic E-state index is 12.3. The summed E-state index contributed by atoms with van der Waals surface area (Å²) in [4.78, 5) is 13.6. The van der Waals surface area contributed by atoms with Gasteiger partial charge in [-0.15, -0.1) is 21.5 Å². The van der Waals surface area contributed by atoms with Gasteiger partial charge in [-0.1, -0.05) is 11.8 Å². The number of aryl methyl sites for hydroxylation is 1. The highest BCUT2D eigenvalue weighted by Gasteiger charge is 2.17. The normalized spacial score (nSPS) is 10.9.